The zero-order valence-corrected chi connectivity index (χ0v) is 20.9. The fourth-order valence-electron chi connectivity index (χ4n) is 3.89. The average Bonchev–Trinajstić information content (AvgIpc) is 2.90. The van der Waals surface area contributed by atoms with Crippen molar-refractivity contribution >= 4 is 23.4 Å². The molecule has 4 rings (SSSR count). The SMILES string of the molecule is CCc1ccccc1Oc1ccc(-c2ccc(OC)c(C(=O)O)c2)cc1NC(=O)Nc1ccc(C)cc1. The lowest BCUT2D eigenvalue weighted by Gasteiger charge is -2.17. The lowest BCUT2D eigenvalue weighted by atomic mass is 10.0. The van der Waals surface area contributed by atoms with E-state index in [-0.39, 0.29) is 11.3 Å². The predicted molar refractivity (Wildman–Crippen MR) is 145 cm³/mol. The summed E-state index contributed by atoms with van der Waals surface area (Å²) >= 11 is 0. The Labute approximate surface area is 215 Å². The van der Waals surface area contributed by atoms with Gasteiger partial charge in [0.05, 0.1) is 12.8 Å². The number of aromatic carboxylic acids is 1. The number of hydrogen-bond acceptors (Lipinski definition) is 4. The van der Waals surface area contributed by atoms with Crippen LogP contribution >= 0.6 is 0 Å². The fraction of sp³-hybridized carbons (Fsp3) is 0.133. The standard InChI is InChI=1S/C30H28N2O5/c1-4-20-7-5-6-8-26(20)37-28-16-12-22(21-11-15-27(36-3)24(17-21)29(33)34)18-25(28)32-30(35)31-23-13-9-19(2)10-14-23/h5-18H,4H2,1-3H3,(H,33,34)(H2,31,32,35). The molecule has 0 radical (unpaired) electrons. The molecule has 3 N–H and O–H groups in total. The van der Waals surface area contributed by atoms with Gasteiger partial charge in [-0.25, -0.2) is 9.59 Å². The maximum absolute atomic E-state index is 12.9. The zero-order chi connectivity index (χ0) is 26.4. The molecule has 4 aromatic rings. The summed E-state index contributed by atoms with van der Waals surface area (Å²) in [5.41, 5.74) is 4.60. The smallest absolute Gasteiger partial charge is 0.339 e. The van der Waals surface area contributed by atoms with Crippen LogP contribution in [-0.4, -0.2) is 24.2 Å². The van der Waals surface area contributed by atoms with Crippen LogP contribution in [0.15, 0.2) is 84.9 Å². The number of benzene rings is 4. The van der Waals surface area contributed by atoms with E-state index in [2.05, 4.69) is 10.6 Å². The number of ether oxygens (including phenoxy) is 2. The van der Waals surface area contributed by atoms with Gasteiger partial charge in [-0.15, -0.1) is 0 Å². The molecule has 4 aromatic carbocycles. The second-order valence-corrected chi connectivity index (χ2v) is 8.44. The monoisotopic (exact) mass is 496 g/mol. The number of urea groups is 1. The van der Waals surface area contributed by atoms with E-state index in [1.54, 1.807) is 30.3 Å². The summed E-state index contributed by atoms with van der Waals surface area (Å²) in [6, 6.07) is 25.0. The molecule has 0 aliphatic carbocycles. The highest BCUT2D eigenvalue weighted by Crippen LogP contribution is 2.36. The van der Waals surface area contributed by atoms with Crippen LogP contribution in [0.4, 0.5) is 16.2 Å². The summed E-state index contributed by atoms with van der Waals surface area (Å²) in [4.78, 5) is 24.6. The van der Waals surface area contributed by atoms with Gasteiger partial charge in [-0.05, 0) is 72.5 Å². The second kappa shape index (κ2) is 11.3. The van der Waals surface area contributed by atoms with Crippen LogP contribution in [0.2, 0.25) is 0 Å². The predicted octanol–water partition coefficient (Wildman–Crippen LogP) is 7.37. The minimum atomic E-state index is -1.09. The fourth-order valence-corrected chi connectivity index (χ4v) is 3.89. The van der Waals surface area contributed by atoms with Crippen molar-refractivity contribution in [1.82, 2.24) is 0 Å². The number of nitrogens with one attached hydrogen (secondary N) is 2. The van der Waals surface area contributed by atoms with Gasteiger partial charge in [-0.2, -0.15) is 0 Å². The van der Waals surface area contributed by atoms with Gasteiger partial charge >= 0.3 is 12.0 Å². The topological polar surface area (TPSA) is 96.9 Å². The van der Waals surface area contributed by atoms with Crippen LogP contribution in [0.25, 0.3) is 11.1 Å². The largest absolute Gasteiger partial charge is 0.496 e. The van der Waals surface area contributed by atoms with Crippen LogP contribution in [0, 0.1) is 6.92 Å². The Bertz CT molecular complexity index is 1430. The van der Waals surface area contributed by atoms with Crippen molar-refractivity contribution in [3.8, 4) is 28.4 Å². The van der Waals surface area contributed by atoms with Crippen molar-refractivity contribution in [3.63, 3.8) is 0 Å². The lowest BCUT2D eigenvalue weighted by molar-refractivity contribution is 0.0693. The normalized spacial score (nSPS) is 10.5. The Morgan fingerprint density at radius 3 is 2.16 bits per heavy atom. The molecule has 0 aliphatic rings. The molecule has 0 atom stereocenters. The number of carbonyl (C=O) groups excluding carboxylic acids is 1. The molecular weight excluding hydrogens is 468 g/mol. The minimum Gasteiger partial charge on any atom is -0.496 e. The molecule has 7 heteroatoms. The van der Waals surface area contributed by atoms with E-state index in [1.807, 2.05) is 68.4 Å². The highest BCUT2D eigenvalue weighted by Gasteiger charge is 2.16. The number of carboxylic acid groups (broad SMARTS) is 1. The highest BCUT2D eigenvalue weighted by atomic mass is 16.5. The summed E-state index contributed by atoms with van der Waals surface area (Å²) in [6.45, 7) is 4.02. The summed E-state index contributed by atoms with van der Waals surface area (Å²) in [7, 11) is 1.43. The number of anilines is 2. The lowest BCUT2D eigenvalue weighted by Crippen LogP contribution is -2.19. The number of rotatable bonds is 8. The number of para-hydroxylation sites is 1. The van der Waals surface area contributed by atoms with E-state index in [0.29, 0.717) is 34.0 Å². The van der Waals surface area contributed by atoms with E-state index in [4.69, 9.17) is 9.47 Å². The van der Waals surface area contributed by atoms with Crippen LogP contribution < -0.4 is 20.1 Å². The minimum absolute atomic E-state index is 0.0452. The number of carbonyl (C=O) groups is 2. The number of methoxy groups -OCH3 is 1. The van der Waals surface area contributed by atoms with Crippen molar-refractivity contribution < 1.29 is 24.2 Å². The third-order valence-corrected chi connectivity index (χ3v) is 5.87. The van der Waals surface area contributed by atoms with Crippen LogP contribution in [0.1, 0.15) is 28.4 Å². The van der Waals surface area contributed by atoms with E-state index < -0.39 is 12.0 Å². The van der Waals surface area contributed by atoms with Gasteiger partial charge in [0.2, 0.25) is 0 Å². The summed E-state index contributed by atoms with van der Waals surface area (Å²) in [6.07, 6.45) is 0.786. The molecule has 0 aliphatic heterocycles. The summed E-state index contributed by atoms with van der Waals surface area (Å²) in [5.74, 6) is 0.321. The quantitative estimate of drug-likeness (QED) is 0.237. The van der Waals surface area contributed by atoms with Crippen molar-refractivity contribution in [2.45, 2.75) is 20.3 Å². The van der Waals surface area contributed by atoms with Crippen molar-refractivity contribution in [2.24, 2.45) is 0 Å². The molecule has 0 fully saturated rings. The first-order valence-corrected chi connectivity index (χ1v) is 11.8. The molecule has 0 bridgehead atoms. The molecule has 0 unspecified atom stereocenters. The molecule has 0 heterocycles. The van der Waals surface area contributed by atoms with Crippen molar-refractivity contribution in [3.05, 3.63) is 102 Å². The molecule has 0 saturated heterocycles. The summed E-state index contributed by atoms with van der Waals surface area (Å²) in [5, 5.41) is 15.3. The van der Waals surface area contributed by atoms with Crippen LogP contribution in [0.3, 0.4) is 0 Å². The van der Waals surface area contributed by atoms with Gasteiger partial charge in [0, 0.05) is 5.69 Å². The molecule has 188 valence electrons. The van der Waals surface area contributed by atoms with Crippen molar-refractivity contribution in [1.29, 1.82) is 0 Å². The first-order chi connectivity index (χ1) is 17.9. The van der Waals surface area contributed by atoms with Gasteiger partial charge in [0.15, 0.2) is 5.75 Å². The molecule has 2 amide bonds. The van der Waals surface area contributed by atoms with E-state index in [9.17, 15) is 14.7 Å². The Morgan fingerprint density at radius 1 is 0.811 bits per heavy atom. The van der Waals surface area contributed by atoms with E-state index in [0.717, 1.165) is 17.5 Å². The Hall–Kier alpha value is -4.78. The third-order valence-electron chi connectivity index (χ3n) is 5.87. The van der Waals surface area contributed by atoms with Crippen LogP contribution in [0.5, 0.6) is 17.2 Å². The maximum atomic E-state index is 12.9. The first kappa shape index (κ1) is 25.3. The second-order valence-electron chi connectivity index (χ2n) is 8.44. The Kier molecular flexibility index (Phi) is 7.74. The van der Waals surface area contributed by atoms with E-state index in [1.165, 1.54) is 7.11 Å². The van der Waals surface area contributed by atoms with Gasteiger partial charge in [0.25, 0.3) is 0 Å². The molecule has 0 spiro atoms. The molecule has 7 nitrogen and oxygen atoms in total. The van der Waals surface area contributed by atoms with Crippen LogP contribution in [-0.2, 0) is 6.42 Å². The van der Waals surface area contributed by atoms with Gasteiger partial charge < -0.3 is 25.2 Å². The molecule has 0 aromatic heterocycles. The number of carboxylic acids is 1. The number of amides is 2. The van der Waals surface area contributed by atoms with Gasteiger partial charge in [-0.1, -0.05) is 55.0 Å². The molecular formula is C30H28N2O5. The summed E-state index contributed by atoms with van der Waals surface area (Å²) < 4.78 is 11.4. The molecule has 37 heavy (non-hydrogen) atoms. The Morgan fingerprint density at radius 2 is 1.49 bits per heavy atom. The highest BCUT2D eigenvalue weighted by molar-refractivity contribution is 6.01. The van der Waals surface area contributed by atoms with Gasteiger partial charge in [0.1, 0.15) is 17.1 Å². The number of hydrogen-bond donors (Lipinski definition) is 3. The van der Waals surface area contributed by atoms with Gasteiger partial charge in [-0.3, -0.25) is 0 Å². The number of aryl methyl sites for hydroxylation is 2. The first-order valence-electron chi connectivity index (χ1n) is 11.8. The average molecular weight is 497 g/mol. The molecule has 0 saturated carbocycles. The maximum Gasteiger partial charge on any atom is 0.339 e. The van der Waals surface area contributed by atoms with Crippen molar-refractivity contribution in [2.75, 3.05) is 17.7 Å². The zero-order valence-electron chi connectivity index (χ0n) is 20.9. The van der Waals surface area contributed by atoms with E-state index >= 15 is 0 Å². The third kappa shape index (κ3) is 6.08. The Balaban J connectivity index is 1.71.